The fraction of sp³-hybridized carbons (Fsp3) is 0. The van der Waals surface area contributed by atoms with Gasteiger partial charge in [0.05, 0.1) is 23.3 Å². The molecule has 0 unspecified atom stereocenters. The Morgan fingerprint density at radius 3 is 1.65 bits per heavy atom. The van der Waals surface area contributed by atoms with Gasteiger partial charge in [0.25, 0.3) is 0 Å². The van der Waals surface area contributed by atoms with Gasteiger partial charge >= 0.3 is 0 Å². The van der Waals surface area contributed by atoms with Crippen molar-refractivity contribution in [3.8, 4) is 44.5 Å². The normalized spacial score (nSPS) is 16.5. The highest BCUT2D eigenvalue weighted by atomic mass is 16.3. The molecule has 0 atom stereocenters. The second-order valence-corrected chi connectivity index (χ2v) is 11.5. The summed E-state index contributed by atoms with van der Waals surface area (Å²) in [5.74, 6) is 0. The van der Waals surface area contributed by atoms with Gasteiger partial charge in [0.1, 0.15) is 11.2 Å². The predicted molar refractivity (Wildman–Crippen MR) is 208 cm³/mol. The van der Waals surface area contributed by atoms with Gasteiger partial charge in [-0.25, -0.2) is 0 Å². The van der Waals surface area contributed by atoms with Crippen molar-refractivity contribution in [3.63, 3.8) is 0 Å². The Kier molecular flexibility index (Phi) is 3.54. The molecule has 0 aliphatic heterocycles. The first kappa shape index (κ1) is 15.6. The molecule has 0 fully saturated rings. The maximum atomic E-state index is 9.88. The van der Waals surface area contributed by atoms with Gasteiger partial charge < -0.3 is 4.42 Å². The average Bonchev–Trinajstić information content (AvgIpc) is 3.73. The molecule has 10 rings (SSSR count). The predicted octanol–water partition coefficient (Wildman–Crippen LogP) is 13.7. The molecular formula is C48H30O. The van der Waals surface area contributed by atoms with Gasteiger partial charge in [-0.3, -0.25) is 0 Å². The van der Waals surface area contributed by atoms with E-state index in [1.807, 2.05) is 78.9 Å². The highest BCUT2D eigenvalue weighted by Gasteiger charge is 2.20. The summed E-state index contributed by atoms with van der Waals surface area (Å²) in [5.41, 5.74) is -0.754. The number of fused-ring (bicyclic) bond motifs is 6. The quantitative estimate of drug-likeness (QED) is 0.175. The summed E-state index contributed by atoms with van der Waals surface area (Å²) in [6.45, 7) is 0. The molecular weight excluding hydrogens is 593 g/mol. The van der Waals surface area contributed by atoms with Crippen LogP contribution >= 0.6 is 0 Å². The zero-order chi connectivity index (χ0) is 47.1. The monoisotopic (exact) mass is 639 g/mol. The van der Waals surface area contributed by atoms with Crippen LogP contribution < -0.4 is 0 Å². The number of furan rings is 1. The minimum atomic E-state index is -0.775. The van der Waals surface area contributed by atoms with Gasteiger partial charge in [-0.2, -0.15) is 0 Å². The first-order valence-electron chi connectivity index (χ1n) is 24.0. The molecule has 0 radical (unpaired) electrons. The maximum Gasteiger partial charge on any atom is 0.143 e. The summed E-state index contributed by atoms with van der Waals surface area (Å²) < 4.78 is 159. The molecule has 0 bridgehead atoms. The summed E-state index contributed by atoms with van der Waals surface area (Å²) in [5, 5.41) is 1.53. The van der Waals surface area contributed by atoms with Gasteiger partial charge in [0.15, 0.2) is 0 Å². The molecule has 0 amide bonds. The van der Waals surface area contributed by atoms with E-state index >= 15 is 0 Å². The Labute approximate surface area is 308 Å². The van der Waals surface area contributed by atoms with Crippen LogP contribution in [0.1, 0.15) is 23.3 Å². The van der Waals surface area contributed by atoms with E-state index in [1.54, 1.807) is 0 Å². The van der Waals surface area contributed by atoms with Crippen molar-refractivity contribution in [1.82, 2.24) is 0 Å². The summed E-state index contributed by atoms with van der Waals surface area (Å²) in [7, 11) is 0. The Morgan fingerprint density at radius 1 is 0.347 bits per heavy atom. The second kappa shape index (κ2) is 11.1. The molecule has 1 heteroatoms. The van der Waals surface area contributed by atoms with Crippen LogP contribution in [0.2, 0.25) is 0 Å². The largest absolute Gasteiger partial charge is 0.455 e. The van der Waals surface area contributed by atoms with Crippen LogP contribution in [-0.2, 0) is 0 Å². The van der Waals surface area contributed by atoms with Crippen LogP contribution in [0.3, 0.4) is 0 Å². The highest BCUT2D eigenvalue weighted by Crippen LogP contribution is 2.47. The second-order valence-electron chi connectivity index (χ2n) is 11.5. The third kappa shape index (κ3) is 4.33. The van der Waals surface area contributed by atoms with E-state index in [9.17, 15) is 8.22 Å². The van der Waals surface area contributed by atoms with Crippen molar-refractivity contribution in [3.05, 3.63) is 182 Å². The topological polar surface area (TPSA) is 13.1 Å². The van der Waals surface area contributed by atoms with E-state index < -0.39 is 136 Å². The Bertz CT molecular complexity index is 3760. The zero-order valence-corrected chi connectivity index (χ0v) is 25.4. The van der Waals surface area contributed by atoms with Crippen LogP contribution in [0.15, 0.2) is 186 Å². The lowest BCUT2D eigenvalue weighted by molar-refractivity contribution is 0.670. The van der Waals surface area contributed by atoms with E-state index in [2.05, 4.69) is 0 Å². The van der Waals surface area contributed by atoms with Gasteiger partial charge in [-0.1, -0.05) is 169 Å². The van der Waals surface area contributed by atoms with Crippen LogP contribution in [0, 0.1) is 0 Å². The van der Waals surface area contributed by atoms with Crippen molar-refractivity contribution in [2.45, 2.75) is 0 Å². The number of hydrogen-bond donors (Lipinski definition) is 0. The molecule has 1 nitrogen and oxygen atoms in total. The van der Waals surface area contributed by atoms with Crippen LogP contribution in [-0.4, -0.2) is 0 Å². The van der Waals surface area contributed by atoms with Crippen molar-refractivity contribution in [1.29, 1.82) is 0 Å². The van der Waals surface area contributed by atoms with E-state index in [0.29, 0.717) is 16.3 Å². The SMILES string of the molecule is [2H]c1c([2H])c([2H])c(-c2c([2H])c([2H])c3oc4c(-c5c([2H])c([2H])c(-c6c7ccccc7c(-c7ccccc7)c7ccccc67)c6c([2H])c([2H])c([2H])c([2H])c56)c([2H])c([2H])c([2H])c4c3c2[2H])c([2H])c1[2H]. The molecule has 0 aliphatic rings. The van der Waals surface area contributed by atoms with Crippen LogP contribution in [0.25, 0.3) is 98.8 Å². The van der Waals surface area contributed by atoms with Gasteiger partial charge in [-0.05, 0) is 83.3 Å². The number of hydrogen-bond acceptors (Lipinski definition) is 1. The molecule has 1 aromatic heterocycles. The van der Waals surface area contributed by atoms with Crippen molar-refractivity contribution in [2.24, 2.45) is 0 Å². The molecule has 9 aromatic carbocycles. The minimum Gasteiger partial charge on any atom is -0.455 e. The maximum absolute atomic E-state index is 9.88. The van der Waals surface area contributed by atoms with Crippen molar-refractivity contribution < 1.29 is 27.7 Å². The van der Waals surface area contributed by atoms with E-state index in [1.165, 1.54) is 0 Å². The smallest absolute Gasteiger partial charge is 0.143 e. The van der Waals surface area contributed by atoms with Crippen molar-refractivity contribution >= 4 is 54.3 Å². The molecule has 228 valence electrons. The molecule has 10 aromatic rings. The van der Waals surface area contributed by atoms with Crippen LogP contribution in [0.4, 0.5) is 0 Å². The third-order valence-corrected chi connectivity index (χ3v) is 8.81. The summed E-state index contributed by atoms with van der Waals surface area (Å²) in [4.78, 5) is 0. The summed E-state index contributed by atoms with van der Waals surface area (Å²) in [6, 6.07) is 12.7. The Hall–Kier alpha value is -6.44. The summed E-state index contributed by atoms with van der Waals surface area (Å²) in [6.07, 6.45) is 0. The Balaban J connectivity index is 1.40. The first-order valence-corrected chi connectivity index (χ1v) is 15.5. The van der Waals surface area contributed by atoms with E-state index in [4.69, 9.17) is 19.5 Å². The van der Waals surface area contributed by atoms with Gasteiger partial charge in [0, 0.05) is 16.3 Å². The molecule has 1 heterocycles. The first-order chi connectivity index (χ1) is 31.4. The highest BCUT2D eigenvalue weighted by molar-refractivity contribution is 6.24. The molecule has 0 N–H and O–H groups in total. The lowest BCUT2D eigenvalue weighted by atomic mass is 9.84. The minimum absolute atomic E-state index is 0.00245. The molecule has 49 heavy (non-hydrogen) atoms. The third-order valence-electron chi connectivity index (χ3n) is 8.81. The molecule has 0 aliphatic carbocycles. The fourth-order valence-electron chi connectivity index (χ4n) is 6.72. The molecule has 0 saturated carbocycles. The fourth-order valence-corrected chi connectivity index (χ4v) is 6.72. The van der Waals surface area contributed by atoms with Gasteiger partial charge in [0.2, 0.25) is 0 Å². The number of rotatable bonds is 4. The average molecular weight is 640 g/mol. The Morgan fingerprint density at radius 2 is 0.939 bits per heavy atom. The van der Waals surface area contributed by atoms with E-state index in [0.717, 1.165) is 21.9 Å². The zero-order valence-electron chi connectivity index (χ0n) is 42.4. The standard InChI is InChI=1S/C48H30O/c1-3-14-31(15-4-1)33-26-29-45-44(30-33)43-25-13-24-42(48(43)49-45)36-27-28-41(35-19-8-7-18-34(35)36)47-39-22-11-9-20-37(39)46(32-16-5-2-6-17-32)38-21-10-12-23-40(38)47/h1-30H/i1D,3D,4D,7D,8D,13D,14D,15D,18D,19D,24D,25D,26D,27D,28D,29D,30D. The lowest BCUT2D eigenvalue weighted by Gasteiger charge is -2.19. The van der Waals surface area contributed by atoms with Gasteiger partial charge in [-0.15, -0.1) is 0 Å². The summed E-state index contributed by atoms with van der Waals surface area (Å²) >= 11 is 0. The van der Waals surface area contributed by atoms with Crippen molar-refractivity contribution in [2.75, 3.05) is 0 Å². The number of para-hydroxylation sites is 1. The molecule has 0 saturated heterocycles. The lowest BCUT2D eigenvalue weighted by Crippen LogP contribution is -1.92. The van der Waals surface area contributed by atoms with E-state index in [-0.39, 0.29) is 27.1 Å². The molecule has 0 spiro atoms. The van der Waals surface area contributed by atoms with Crippen LogP contribution in [0.5, 0.6) is 0 Å². The number of benzene rings is 9.